The molecule has 108 valence electrons. The minimum absolute atomic E-state index is 0.0884. The second-order valence-electron chi connectivity index (χ2n) is 5.98. The van der Waals surface area contributed by atoms with Gasteiger partial charge in [0.1, 0.15) is 0 Å². The zero-order valence-electron chi connectivity index (χ0n) is 12.1. The van der Waals surface area contributed by atoms with E-state index < -0.39 is 0 Å². The van der Waals surface area contributed by atoms with Crippen molar-refractivity contribution in [3.05, 3.63) is 24.3 Å². The lowest BCUT2D eigenvalue weighted by atomic mass is 9.97. The molecule has 20 heavy (non-hydrogen) atoms. The first-order valence-electron chi connectivity index (χ1n) is 7.60. The number of rotatable bonds is 3. The Hall–Kier alpha value is -1.55. The van der Waals surface area contributed by atoms with Gasteiger partial charge >= 0.3 is 0 Å². The molecule has 2 atom stereocenters. The van der Waals surface area contributed by atoms with Gasteiger partial charge in [-0.2, -0.15) is 0 Å². The van der Waals surface area contributed by atoms with Crippen LogP contribution in [0, 0.1) is 11.8 Å². The second kappa shape index (κ2) is 5.83. The van der Waals surface area contributed by atoms with Crippen molar-refractivity contribution in [1.29, 1.82) is 0 Å². The molecule has 1 amide bonds. The van der Waals surface area contributed by atoms with Gasteiger partial charge in [-0.1, -0.05) is 13.0 Å². The van der Waals surface area contributed by atoms with Gasteiger partial charge in [0.2, 0.25) is 5.91 Å². The molecule has 2 aliphatic rings. The highest BCUT2D eigenvalue weighted by molar-refractivity contribution is 5.93. The van der Waals surface area contributed by atoms with Gasteiger partial charge in [-0.05, 0) is 43.5 Å². The quantitative estimate of drug-likeness (QED) is 0.886. The number of amides is 1. The lowest BCUT2D eigenvalue weighted by Crippen LogP contribution is -2.28. The molecule has 2 aliphatic heterocycles. The smallest absolute Gasteiger partial charge is 0.229 e. The predicted molar refractivity (Wildman–Crippen MR) is 82.0 cm³/mol. The highest BCUT2D eigenvalue weighted by Crippen LogP contribution is 2.24. The molecule has 4 heteroatoms. The van der Waals surface area contributed by atoms with Crippen LogP contribution in [0.1, 0.15) is 19.8 Å². The summed E-state index contributed by atoms with van der Waals surface area (Å²) in [5.74, 6) is 0.642. The standard InChI is InChI=1S/C16H23N3O/c1-12-10-17-11-15(12)16(20)18-13-5-4-6-14(9-13)19-7-2-3-8-19/h4-6,9,12,15,17H,2-3,7-8,10-11H2,1H3,(H,18,20)/t12-,15-/m1/s1. The average molecular weight is 273 g/mol. The maximum atomic E-state index is 12.3. The summed E-state index contributed by atoms with van der Waals surface area (Å²) >= 11 is 0. The number of hydrogen-bond acceptors (Lipinski definition) is 3. The van der Waals surface area contributed by atoms with Gasteiger partial charge in [-0.25, -0.2) is 0 Å². The van der Waals surface area contributed by atoms with Gasteiger partial charge in [-0.3, -0.25) is 4.79 Å². The van der Waals surface area contributed by atoms with Crippen molar-refractivity contribution in [2.24, 2.45) is 11.8 Å². The minimum Gasteiger partial charge on any atom is -0.371 e. The van der Waals surface area contributed by atoms with E-state index in [1.807, 2.05) is 12.1 Å². The number of carbonyl (C=O) groups is 1. The molecule has 0 aliphatic carbocycles. The number of benzene rings is 1. The number of anilines is 2. The summed E-state index contributed by atoms with van der Waals surface area (Å²) in [7, 11) is 0. The van der Waals surface area contributed by atoms with Crippen LogP contribution < -0.4 is 15.5 Å². The monoisotopic (exact) mass is 273 g/mol. The van der Waals surface area contributed by atoms with E-state index >= 15 is 0 Å². The maximum Gasteiger partial charge on any atom is 0.229 e. The van der Waals surface area contributed by atoms with Crippen LogP contribution in [0.3, 0.4) is 0 Å². The summed E-state index contributed by atoms with van der Waals surface area (Å²) in [4.78, 5) is 14.7. The second-order valence-corrected chi connectivity index (χ2v) is 5.98. The largest absolute Gasteiger partial charge is 0.371 e. The van der Waals surface area contributed by atoms with Crippen LogP contribution in [-0.2, 0) is 4.79 Å². The van der Waals surface area contributed by atoms with E-state index in [0.717, 1.165) is 31.9 Å². The van der Waals surface area contributed by atoms with Crippen molar-refractivity contribution >= 4 is 17.3 Å². The normalized spacial score (nSPS) is 25.9. The Kier molecular flexibility index (Phi) is 3.92. The van der Waals surface area contributed by atoms with E-state index in [4.69, 9.17) is 0 Å². The molecule has 0 unspecified atom stereocenters. The molecule has 2 fully saturated rings. The van der Waals surface area contributed by atoms with Gasteiger partial charge in [0, 0.05) is 31.0 Å². The summed E-state index contributed by atoms with van der Waals surface area (Å²) in [6, 6.07) is 8.22. The number of carbonyl (C=O) groups excluding carboxylic acids is 1. The molecule has 0 spiro atoms. The lowest BCUT2D eigenvalue weighted by molar-refractivity contribution is -0.120. The van der Waals surface area contributed by atoms with Gasteiger partial charge in [0.25, 0.3) is 0 Å². The maximum absolute atomic E-state index is 12.3. The number of nitrogens with one attached hydrogen (secondary N) is 2. The Morgan fingerprint density at radius 1 is 1.30 bits per heavy atom. The molecule has 1 aromatic rings. The third kappa shape index (κ3) is 2.80. The number of hydrogen-bond donors (Lipinski definition) is 2. The SMILES string of the molecule is C[C@@H]1CNC[C@H]1C(=O)Nc1cccc(N2CCCC2)c1. The molecular formula is C16H23N3O. The van der Waals surface area contributed by atoms with Crippen molar-refractivity contribution in [2.45, 2.75) is 19.8 Å². The van der Waals surface area contributed by atoms with Gasteiger partial charge in [0.15, 0.2) is 0 Å². The molecule has 2 heterocycles. The molecule has 2 saturated heterocycles. The Balaban J connectivity index is 1.67. The fourth-order valence-corrected chi connectivity index (χ4v) is 3.15. The summed E-state index contributed by atoms with van der Waals surface area (Å²) in [5, 5.41) is 6.35. The zero-order valence-corrected chi connectivity index (χ0v) is 12.1. The van der Waals surface area contributed by atoms with Crippen LogP contribution >= 0.6 is 0 Å². The van der Waals surface area contributed by atoms with Gasteiger partial charge in [-0.15, -0.1) is 0 Å². The first-order chi connectivity index (χ1) is 9.74. The average Bonchev–Trinajstić information content (AvgIpc) is 3.09. The molecule has 2 N–H and O–H groups in total. The van der Waals surface area contributed by atoms with E-state index in [2.05, 4.69) is 34.6 Å². The third-order valence-electron chi connectivity index (χ3n) is 4.44. The Bertz CT molecular complexity index is 482. The van der Waals surface area contributed by atoms with Crippen LogP contribution in [0.4, 0.5) is 11.4 Å². The van der Waals surface area contributed by atoms with E-state index in [1.54, 1.807) is 0 Å². The van der Waals surface area contributed by atoms with Gasteiger partial charge < -0.3 is 15.5 Å². The van der Waals surface area contributed by atoms with Gasteiger partial charge in [0.05, 0.1) is 5.92 Å². The zero-order chi connectivity index (χ0) is 13.9. The van der Waals surface area contributed by atoms with E-state index in [1.165, 1.54) is 18.5 Å². The molecule has 3 rings (SSSR count). The van der Waals surface area contributed by atoms with Crippen LogP contribution in [-0.4, -0.2) is 32.1 Å². The Morgan fingerprint density at radius 3 is 2.80 bits per heavy atom. The van der Waals surface area contributed by atoms with Crippen LogP contribution in [0.5, 0.6) is 0 Å². The molecule has 4 nitrogen and oxygen atoms in total. The molecule has 0 bridgehead atoms. The molecule has 0 saturated carbocycles. The predicted octanol–water partition coefficient (Wildman–Crippen LogP) is 2.08. The first-order valence-corrected chi connectivity index (χ1v) is 7.60. The summed E-state index contributed by atoms with van der Waals surface area (Å²) < 4.78 is 0. The first kappa shape index (κ1) is 13.4. The van der Waals surface area contributed by atoms with Crippen LogP contribution in [0.25, 0.3) is 0 Å². The fraction of sp³-hybridized carbons (Fsp3) is 0.562. The molecular weight excluding hydrogens is 250 g/mol. The number of nitrogens with zero attached hydrogens (tertiary/aromatic N) is 1. The molecule has 1 aromatic carbocycles. The third-order valence-corrected chi connectivity index (χ3v) is 4.44. The van der Waals surface area contributed by atoms with Crippen molar-refractivity contribution in [1.82, 2.24) is 5.32 Å². The lowest BCUT2D eigenvalue weighted by Gasteiger charge is -2.19. The van der Waals surface area contributed by atoms with E-state index in [9.17, 15) is 4.79 Å². The summed E-state index contributed by atoms with van der Waals surface area (Å²) in [5.41, 5.74) is 2.14. The summed E-state index contributed by atoms with van der Waals surface area (Å²) in [6.45, 7) is 6.11. The molecule has 0 aromatic heterocycles. The van der Waals surface area contributed by atoms with Crippen LogP contribution in [0.2, 0.25) is 0 Å². The van der Waals surface area contributed by atoms with Crippen molar-refractivity contribution in [3.8, 4) is 0 Å². The van der Waals surface area contributed by atoms with E-state index in [-0.39, 0.29) is 11.8 Å². The highest BCUT2D eigenvalue weighted by Gasteiger charge is 2.29. The van der Waals surface area contributed by atoms with Crippen molar-refractivity contribution in [2.75, 3.05) is 36.4 Å². The topological polar surface area (TPSA) is 44.4 Å². The van der Waals surface area contributed by atoms with E-state index in [0.29, 0.717) is 5.92 Å². The van der Waals surface area contributed by atoms with Crippen molar-refractivity contribution in [3.63, 3.8) is 0 Å². The minimum atomic E-state index is 0.0884. The Morgan fingerprint density at radius 2 is 2.10 bits per heavy atom. The van der Waals surface area contributed by atoms with Crippen LogP contribution in [0.15, 0.2) is 24.3 Å². The Labute approximate surface area is 120 Å². The van der Waals surface area contributed by atoms with Crippen molar-refractivity contribution < 1.29 is 4.79 Å². The highest BCUT2D eigenvalue weighted by atomic mass is 16.1. The molecule has 0 radical (unpaired) electrons. The fourth-order valence-electron chi connectivity index (χ4n) is 3.15. The summed E-state index contributed by atoms with van der Waals surface area (Å²) in [6.07, 6.45) is 2.53.